The van der Waals surface area contributed by atoms with Crippen LogP contribution in [0.5, 0.6) is 0 Å². The number of carbonyl (C=O) groups excluding carboxylic acids is 3. The Balaban J connectivity index is 1.15. The van der Waals surface area contributed by atoms with E-state index in [0.29, 0.717) is 34.7 Å². The molecule has 1 saturated heterocycles. The van der Waals surface area contributed by atoms with Gasteiger partial charge in [0, 0.05) is 54.0 Å². The minimum atomic E-state index is -0.559. The smallest absolute Gasteiger partial charge is 0.273 e. The number of ether oxygens (including phenoxy) is 1. The summed E-state index contributed by atoms with van der Waals surface area (Å²) in [5.74, 6) is -1.27. The molecular weight excluding hydrogens is 544 g/mol. The van der Waals surface area contributed by atoms with Gasteiger partial charge in [-0.15, -0.1) is 0 Å². The molecule has 10 heteroatoms. The summed E-state index contributed by atoms with van der Waals surface area (Å²) in [6, 6.07) is 21.7. The number of hydrogen-bond donors (Lipinski definition) is 2. The van der Waals surface area contributed by atoms with Crippen LogP contribution in [0.4, 0.5) is 22.7 Å². The molecule has 3 aromatic carbocycles. The molecule has 10 nitrogen and oxygen atoms in total. The van der Waals surface area contributed by atoms with E-state index in [-0.39, 0.29) is 17.6 Å². The highest BCUT2D eigenvalue weighted by Gasteiger charge is 2.30. The summed E-state index contributed by atoms with van der Waals surface area (Å²) in [5, 5.41) is 10.1. The van der Waals surface area contributed by atoms with Crippen molar-refractivity contribution in [3.8, 4) is 0 Å². The second-order valence-corrected chi connectivity index (χ2v) is 10.5. The molecule has 218 valence electrons. The van der Waals surface area contributed by atoms with Gasteiger partial charge in [-0.3, -0.25) is 24.1 Å². The monoisotopic (exact) mass is 576 g/mol. The van der Waals surface area contributed by atoms with Gasteiger partial charge in [0.15, 0.2) is 5.78 Å². The van der Waals surface area contributed by atoms with Crippen molar-refractivity contribution in [1.29, 1.82) is 0 Å². The van der Waals surface area contributed by atoms with Crippen LogP contribution in [0.15, 0.2) is 77.8 Å². The summed E-state index contributed by atoms with van der Waals surface area (Å²) in [6.45, 7) is 7.49. The predicted octanol–water partition coefficient (Wildman–Crippen LogP) is 4.97. The van der Waals surface area contributed by atoms with Gasteiger partial charge in [0.1, 0.15) is 11.6 Å². The number of nitrogens with zero attached hydrogens (tertiary/aromatic N) is 4. The fraction of sp³-hybridized carbons (Fsp3) is 0.242. The number of amides is 2. The number of nitrogens with one attached hydrogen (secondary N) is 2. The average Bonchev–Trinajstić information content (AvgIpc) is 3.58. The Kier molecular flexibility index (Phi) is 7.84. The van der Waals surface area contributed by atoms with Crippen LogP contribution in [0, 0.1) is 6.92 Å². The SMILES string of the molecule is CCn1nc(C)cc1C(=O)Nc1cccc(C(=O)c2ccc3c(c2)NC(=O)C3C=Nc2ccc(N3CCOCC3)cc2)c1. The first-order valence-electron chi connectivity index (χ1n) is 14.3. The number of carbonyl (C=O) groups is 3. The second-order valence-electron chi connectivity index (χ2n) is 10.5. The number of aliphatic imine (C=N–C) groups is 1. The van der Waals surface area contributed by atoms with Crippen molar-refractivity contribution in [2.45, 2.75) is 26.3 Å². The van der Waals surface area contributed by atoms with E-state index in [4.69, 9.17) is 4.74 Å². The Morgan fingerprint density at radius 3 is 2.58 bits per heavy atom. The number of fused-ring (bicyclic) bond motifs is 1. The summed E-state index contributed by atoms with van der Waals surface area (Å²) < 4.78 is 7.06. The van der Waals surface area contributed by atoms with E-state index in [0.717, 1.165) is 48.9 Å². The third-order valence-corrected chi connectivity index (χ3v) is 7.61. The first-order valence-corrected chi connectivity index (χ1v) is 14.3. The standard InChI is InChI=1S/C33H32N6O4/c1-3-39-30(17-21(2)37-39)33(42)35-25-6-4-5-22(18-25)31(40)23-7-12-27-28(32(41)36-29(27)19-23)20-34-24-8-10-26(11-9-24)38-13-15-43-16-14-38/h4-12,17-20,28H,3,13-16H2,1-2H3,(H,35,42)(H,36,41). The number of anilines is 3. The second kappa shape index (κ2) is 12.0. The van der Waals surface area contributed by atoms with Crippen molar-refractivity contribution in [2.75, 3.05) is 41.8 Å². The molecular formula is C33H32N6O4. The Labute approximate surface area is 249 Å². The van der Waals surface area contributed by atoms with E-state index in [1.54, 1.807) is 59.4 Å². The molecule has 2 aliphatic rings. The molecule has 0 spiro atoms. The highest BCUT2D eigenvalue weighted by molar-refractivity contribution is 6.15. The van der Waals surface area contributed by atoms with Gasteiger partial charge in [-0.2, -0.15) is 5.10 Å². The topological polar surface area (TPSA) is 118 Å². The molecule has 1 unspecified atom stereocenters. The molecule has 3 heterocycles. The number of ketones is 1. The molecule has 0 radical (unpaired) electrons. The van der Waals surface area contributed by atoms with Crippen molar-refractivity contribution in [3.63, 3.8) is 0 Å². The molecule has 43 heavy (non-hydrogen) atoms. The Hall–Kier alpha value is -5.09. The maximum atomic E-state index is 13.4. The zero-order chi connectivity index (χ0) is 29.9. The lowest BCUT2D eigenvalue weighted by Gasteiger charge is -2.28. The highest BCUT2D eigenvalue weighted by atomic mass is 16.5. The third kappa shape index (κ3) is 5.96. The number of benzene rings is 3. The van der Waals surface area contributed by atoms with E-state index >= 15 is 0 Å². The molecule has 2 aliphatic heterocycles. The highest BCUT2D eigenvalue weighted by Crippen LogP contribution is 2.33. The van der Waals surface area contributed by atoms with Crippen LogP contribution in [-0.2, 0) is 16.1 Å². The maximum Gasteiger partial charge on any atom is 0.273 e. The van der Waals surface area contributed by atoms with Crippen molar-refractivity contribution >= 4 is 46.6 Å². The lowest BCUT2D eigenvalue weighted by molar-refractivity contribution is -0.115. The van der Waals surface area contributed by atoms with E-state index < -0.39 is 5.92 Å². The summed E-state index contributed by atoms with van der Waals surface area (Å²) in [4.78, 5) is 45.9. The summed E-state index contributed by atoms with van der Waals surface area (Å²) in [5.41, 5.74) is 5.78. The Bertz CT molecular complexity index is 1720. The quantitative estimate of drug-likeness (QED) is 0.226. The van der Waals surface area contributed by atoms with Gasteiger partial charge < -0.3 is 20.3 Å². The van der Waals surface area contributed by atoms with Crippen molar-refractivity contribution in [1.82, 2.24) is 9.78 Å². The maximum absolute atomic E-state index is 13.4. The molecule has 1 aromatic heterocycles. The molecule has 4 aromatic rings. The number of morpholine rings is 1. The van der Waals surface area contributed by atoms with E-state index in [1.165, 1.54) is 0 Å². The summed E-state index contributed by atoms with van der Waals surface area (Å²) in [7, 11) is 0. The number of hydrogen-bond acceptors (Lipinski definition) is 7. The van der Waals surface area contributed by atoms with E-state index in [2.05, 4.69) is 25.6 Å². The van der Waals surface area contributed by atoms with Gasteiger partial charge in [-0.1, -0.05) is 24.3 Å². The minimum Gasteiger partial charge on any atom is -0.378 e. The number of rotatable bonds is 8. The van der Waals surface area contributed by atoms with Crippen molar-refractivity contribution in [3.05, 3.63) is 101 Å². The lowest BCUT2D eigenvalue weighted by Crippen LogP contribution is -2.36. The first-order chi connectivity index (χ1) is 20.9. The van der Waals surface area contributed by atoms with Crippen LogP contribution in [0.2, 0.25) is 0 Å². The van der Waals surface area contributed by atoms with Crippen molar-refractivity contribution < 1.29 is 19.1 Å². The van der Waals surface area contributed by atoms with Gasteiger partial charge >= 0.3 is 0 Å². The van der Waals surface area contributed by atoms with Crippen LogP contribution in [-0.4, -0.2) is 59.9 Å². The average molecular weight is 577 g/mol. The third-order valence-electron chi connectivity index (χ3n) is 7.61. The minimum absolute atomic E-state index is 0.195. The molecule has 0 saturated carbocycles. The summed E-state index contributed by atoms with van der Waals surface area (Å²) >= 11 is 0. The number of aryl methyl sites for hydroxylation is 2. The first kappa shape index (κ1) is 28.0. The fourth-order valence-electron chi connectivity index (χ4n) is 5.38. The fourth-order valence-corrected chi connectivity index (χ4v) is 5.38. The van der Waals surface area contributed by atoms with Gasteiger partial charge in [-0.25, -0.2) is 0 Å². The van der Waals surface area contributed by atoms with Crippen molar-refractivity contribution in [2.24, 2.45) is 4.99 Å². The molecule has 2 N–H and O–H groups in total. The zero-order valence-electron chi connectivity index (χ0n) is 24.0. The Morgan fingerprint density at radius 2 is 1.81 bits per heavy atom. The van der Waals surface area contributed by atoms with Crippen LogP contribution < -0.4 is 15.5 Å². The Morgan fingerprint density at radius 1 is 1.05 bits per heavy atom. The molecule has 0 bridgehead atoms. The molecule has 1 fully saturated rings. The van der Waals surface area contributed by atoms with Crippen LogP contribution in [0.1, 0.15) is 50.5 Å². The zero-order valence-corrected chi connectivity index (χ0v) is 24.0. The van der Waals surface area contributed by atoms with Gasteiger partial charge in [0.25, 0.3) is 5.91 Å². The van der Waals surface area contributed by atoms with Crippen LogP contribution >= 0.6 is 0 Å². The normalized spacial score (nSPS) is 16.3. The van der Waals surface area contributed by atoms with Crippen LogP contribution in [0.25, 0.3) is 0 Å². The van der Waals surface area contributed by atoms with Gasteiger partial charge in [-0.05, 0) is 67.9 Å². The number of aromatic nitrogens is 2. The molecule has 1 atom stereocenters. The van der Waals surface area contributed by atoms with Gasteiger partial charge in [0.2, 0.25) is 5.91 Å². The summed E-state index contributed by atoms with van der Waals surface area (Å²) in [6.07, 6.45) is 1.64. The molecule has 2 amide bonds. The molecule has 6 rings (SSSR count). The lowest BCUT2D eigenvalue weighted by atomic mass is 9.97. The molecule has 0 aliphatic carbocycles. The largest absolute Gasteiger partial charge is 0.378 e. The van der Waals surface area contributed by atoms with E-state index in [1.807, 2.05) is 38.1 Å². The van der Waals surface area contributed by atoms with E-state index in [9.17, 15) is 14.4 Å². The predicted molar refractivity (Wildman–Crippen MR) is 166 cm³/mol. The van der Waals surface area contributed by atoms with Gasteiger partial charge in [0.05, 0.1) is 24.6 Å². The van der Waals surface area contributed by atoms with Crippen LogP contribution in [0.3, 0.4) is 0 Å².